The fourth-order valence-corrected chi connectivity index (χ4v) is 2.49. The maximum Gasteiger partial charge on any atom is 0.342 e. The molecule has 0 aromatic heterocycles. The summed E-state index contributed by atoms with van der Waals surface area (Å²) >= 11 is 0. The average Bonchev–Trinajstić information content (AvgIpc) is 2.53. The molecular formula is C19H36O4. The van der Waals surface area contributed by atoms with Crippen molar-refractivity contribution < 1.29 is 19.7 Å². The second-order valence-electron chi connectivity index (χ2n) is 6.14. The van der Waals surface area contributed by atoms with Crippen LogP contribution in [-0.4, -0.2) is 24.3 Å². The third kappa shape index (κ3) is 17.3. The van der Waals surface area contributed by atoms with Crippen LogP contribution in [0.2, 0.25) is 0 Å². The zero-order valence-electron chi connectivity index (χ0n) is 15.1. The molecular weight excluding hydrogens is 292 g/mol. The minimum Gasteiger partial charge on any atom is -0.393 e. The fourth-order valence-electron chi connectivity index (χ4n) is 2.49. The van der Waals surface area contributed by atoms with E-state index in [-0.39, 0.29) is 12.1 Å². The van der Waals surface area contributed by atoms with Gasteiger partial charge >= 0.3 is 5.97 Å². The highest BCUT2D eigenvalue weighted by molar-refractivity contribution is 5.68. The third-order valence-corrected chi connectivity index (χ3v) is 3.89. The first-order valence-corrected chi connectivity index (χ1v) is 9.27. The molecule has 0 amide bonds. The number of unbranched alkanes of at least 4 members (excludes halogenated alkanes) is 8. The highest BCUT2D eigenvalue weighted by Gasteiger charge is 2.02. The highest BCUT2D eigenvalue weighted by Crippen LogP contribution is 2.10. The van der Waals surface area contributed by atoms with E-state index in [1.807, 2.05) is 0 Å². The summed E-state index contributed by atoms with van der Waals surface area (Å²) in [5.74, 6) is -0.288. The number of carbonyl (C=O) groups is 1. The van der Waals surface area contributed by atoms with Crippen LogP contribution in [0.25, 0.3) is 0 Å². The van der Waals surface area contributed by atoms with Crippen molar-refractivity contribution in [1.82, 2.24) is 0 Å². The van der Waals surface area contributed by atoms with E-state index in [1.54, 1.807) is 0 Å². The molecule has 0 bridgehead atoms. The van der Waals surface area contributed by atoms with E-state index < -0.39 is 0 Å². The van der Waals surface area contributed by atoms with Gasteiger partial charge in [-0.1, -0.05) is 64.0 Å². The second kappa shape index (κ2) is 17.5. The smallest absolute Gasteiger partial charge is 0.342 e. The highest BCUT2D eigenvalue weighted by atomic mass is 17.2. The molecule has 0 spiro atoms. The molecule has 0 rings (SSSR count). The quantitative estimate of drug-likeness (QED) is 0.185. The molecule has 4 nitrogen and oxygen atoms in total. The lowest BCUT2D eigenvalue weighted by atomic mass is 10.1. The van der Waals surface area contributed by atoms with Gasteiger partial charge in [0.1, 0.15) is 0 Å². The van der Waals surface area contributed by atoms with Gasteiger partial charge in [0.15, 0.2) is 0 Å². The Morgan fingerprint density at radius 2 is 1.70 bits per heavy atom. The van der Waals surface area contributed by atoms with Gasteiger partial charge in [-0.05, 0) is 32.1 Å². The molecule has 0 aliphatic carbocycles. The molecule has 0 fully saturated rings. The van der Waals surface area contributed by atoms with E-state index in [0.29, 0.717) is 6.42 Å². The lowest BCUT2D eigenvalue weighted by Gasteiger charge is -2.07. The molecule has 4 heteroatoms. The van der Waals surface area contributed by atoms with Crippen LogP contribution in [0.4, 0.5) is 0 Å². The lowest BCUT2D eigenvalue weighted by molar-refractivity contribution is -0.255. The van der Waals surface area contributed by atoms with Crippen LogP contribution in [-0.2, 0) is 14.6 Å². The number of rotatable bonds is 16. The molecule has 0 radical (unpaired) electrons. The summed E-state index contributed by atoms with van der Waals surface area (Å²) in [6, 6.07) is 0. The Hall–Kier alpha value is -0.870. The summed E-state index contributed by atoms with van der Waals surface area (Å²) in [6.07, 6.45) is 17.7. The zero-order chi connectivity index (χ0) is 17.2. The minimum absolute atomic E-state index is 0.171. The standard InChI is InChI=1S/C19H36O4/c1-3-4-5-12-15-18(20)16-13-10-8-6-7-9-11-14-17-19(21)23-22-2/h10,13,18,20H,3-9,11-12,14-17H2,1-2H3/b13-10-. The van der Waals surface area contributed by atoms with E-state index in [1.165, 1.54) is 39.2 Å². The molecule has 0 heterocycles. The Morgan fingerprint density at radius 3 is 2.43 bits per heavy atom. The van der Waals surface area contributed by atoms with Gasteiger partial charge < -0.3 is 5.11 Å². The number of aliphatic hydroxyl groups excluding tert-OH is 1. The Balaban J connectivity index is 3.29. The summed E-state index contributed by atoms with van der Waals surface area (Å²) in [4.78, 5) is 19.7. The summed E-state index contributed by atoms with van der Waals surface area (Å²) in [7, 11) is 1.34. The Labute approximate surface area is 142 Å². The molecule has 0 aromatic rings. The lowest BCUT2D eigenvalue weighted by Crippen LogP contribution is -2.04. The van der Waals surface area contributed by atoms with E-state index in [2.05, 4.69) is 28.9 Å². The number of hydrogen-bond donors (Lipinski definition) is 1. The topological polar surface area (TPSA) is 55.8 Å². The Morgan fingerprint density at radius 1 is 1.00 bits per heavy atom. The number of aliphatic hydroxyl groups is 1. The van der Waals surface area contributed by atoms with Crippen molar-refractivity contribution in [1.29, 1.82) is 0 Å². The third-order valence-electron chi connectivity index (χ3n) is 3.89. The van der Waals surface area contributed by atoms with Crippen molar-refractivity contribution >= 4 is 5.97 Å². The van der Waals surface area contributed by atoms with Crippen LogP contribution in [0.5, 0.6) is 0 Å². The van der Waals surface area contributed by atoms with Gasteiger partial charge in [0.25, 0.3) is 0 Å². The summed E-state index contributed by atoms with van der Waals surface area (Å²) in [6.45, 7) is 2.20. The maximum absolute atomic E-state index is 11.0. The maximum atomic E-state index is 11.0. The van der Waals surface area contributed by atoms with Crippen LogP contribution >= 0.6 is 0 Å². The van der Waals surface area contributed by atoms with Crippen molar-refractivity contribution in [2.24, 2.45) is 0 Å². The van der Waals surface area contributed by atoms with Crippen LogP contribution < -0.4 is 0 Å². The van der Waals surface area contributed by atoms with Crippen molar-refractivity contribution in [2.75, 3.05) is 7.11 Å². The molecule has 1 atom stereocenters. The van der Waals surface area contributed by atoms with Crippen LogP contribution in [0, 0.1) is 0 Å². The van der Waals surface area contributed by atoms with Gasteiger partial charge in [-0.15, -0.1) is 0 Å². The Bertz CT molecular complexity index is 289. The van der Waals surface area contributed by atoms with Crippen molar-refractivity contribution in [3.05, 3.63) is 12.2 Å². The van der Waals surface area contributed by atoms with Crippen LogP contribution in [0.3, 0.4) is 0 Å². The van der Waals surface area contributed by atoms with Crippen molar-refractivity contribution in [3.8, 4) is 0 Å². The zero-order valence-corrected chi connectivity index (χ0v) is 15.1. The number of hydrogen-bond acceptors (Lipinski definition) is 4. The fraction of sp³-hybridized carbons (Fsp3) is 0.842. The van der Waals surface area contributed by atoms with E-state index in [0.717, 1.165) is 44.9 Å². The normalized spacial score (nSPS) is 12.7. The van der Waals surface area contributed by atoms with Gasteiger partial charge in [-0.3, -0.25) is 4.89 Å². The molecule has 0 saturated carbocycles. The molecule has 1 unspecified atom stereocenters. The summed E-state index contributed by atoms with van der Waals surface area (Å²) in [5, 5.41) is 9.83. The predicted octanol–water partition coefficient (Wildman–Crippen LogP) is 5.10. The van der Waals surface area contributed by atoms with Crippen LogP contribution in [0.1, 0.15) is 90.4 Å². The minimum atomic E-state index is -0.288. The molecule has 136 valence electrons. The molecule has 0 aromatic carbocycles. The van der Waals surface area contributed by atoms with E-state index >= 15 is 0 Å². The first-order chi connectivity index (χ1) is 11.2. The monoisotopic (exact) mass is 328 g/mol. The molecule has 0 aliphatic rings. The second-order valence-corrected chi connectivity index (χ2v) is 6.14. The SMILES string of the molecule is CCCCCCC(O)C/C=C\CCCCCCCC(=O)OOC. The predicted molar refractivity (Wildman–Crippen MR) is 93.9 cm³/mol. The number of allylic oxidation sites excluding steroid dienone is 1. The first-order valence-electron chi connectivity index (χ1n) is 9.27. The van der Waals surface area contributed by atoms with Gasteiger partial charge in [0.2, 0.25) is 0 Å². The van der Waals surface area contributed by atoms with Crippen molar-refractivity contribution in [3.63, 3.8) is 0 Å². The Kier molecular flexibility index (Phi) is 16.8. The molecule has 0 aliphatic heterocycles. The van der Waals surface area contributed by atoms with Gasteiger partial charge in [0, 0.05) is 6.42 Å². The van der Waals surface area contributed by atoms with Gasteiger partial charge in [-0.2, -0.15) is 4.89 Å². The summed E-state index contributed by atoms with van der Waals surface area (Å²) < 4.78 is 0. The van der Waals surface area contributed by atoms with E-state index in [4.69, 9.17) is 0 Å². The number of carbonyl (C=O) groups excluding carboxylic acids is 1. The van der Waals surface area contributed by atoms with Crippen molar-refractivity contribution in [2.45, 2.75) is 96.5 Å². The van der Waals surface area contributed by atoms with Crippen LogP contribution in [0.15, 0.2) is 12.2 Å². The summed E-state index contributed by atoms with van der Waals surface area (Å²) in [5.41, 5.74) is 0. The average molecular weight is 328 g/mol. The van der Waals surface area contributed by atoms with E-state index in [9.17, 15) is 9.90 Å². The van der Waals surface area contributed by atoms with Gasteiger partial charge in [0.05, 0.1) is 13.2 Å². The largest absolute Gasteiger partial charge is 0.393 e. The van der Waals surface area contributed by atoms with Gasteiger partial charge in [-0.25, -0.2) is 4.79 Å². The molecule has 1 N–H and O–H groups in total. The molecule has 0 saturated heterocycles. The molecule has 23 heavy (non-hydrogen) atoms. The first kappa shape index (κ1) is 22.1.